The van der Waals surface area contributed by atoms with Gasteiger partial charge in [0, 0.05) is 19.2 Å². The topological polar surface area (TPSA) is 75.7 Å². The molecule has 1 aliphatic rings. The highest BCUT2D eigenvalue weighted by Crippen LogP contribution is 2.34. The van der Waals surface area contributed by atoms with E-state index in [0.29, 0.717) is 19.2 Å². The first-order valence-corrected chi connectivity index (χ1v) is 12.0. The van der Waals surface area contributed by atoms with Crippen LogP contribution in [0.15, 0.2) is 59.5 Å². The summed E-state index contributed by atoms with van der Waals surface area (Å²) >= 11 is 0. The Balaban J connectivity index is 1.94. The van der Waals surface area contributed by atoms with Gasteiger partial charge in [-0.2, -0.15) is 17.5 Å². The maximum atomic E-state index is 13.6. The normalized spacial score (nSPS) is 15.8. The van der Waals surface area contributed by atoms with E-state index in [1.54, 1.807) is 13.0 Å². The molecule has 0 saturated carbocycles. The number of rotatable bonds is 7. The third-order valence-electron chi connectivity index (χ3n) is 5.13. The Morgan fingerprint density at radius 2 is 1.76 bits per heavy atom. The number of alkyl halides is 3. The van der Waals surface area contributed by atoms with Gasteiger partial charge < -0.3 is 10.1 Å². The quantitative estimate of drug-likeness (QED) is 0.573. The Hall–Kier alpha value is -2.85. The maximum Gasteiger partial charge on any atom is 0.417 e. The van der Waals surface area contributed by atoms with Gasteiger partial charge in [0.2, 0.25) is 15.9 Å². The second kappa shape index (κ2) is 10.4. The summed E-state index contributed by atoms with van der Waals surface area (Å²) < 4.78 is 73.5. The summed E-state index contributed by atoms with van der Waals surface area (Å²) in [4.78, 5) is 12.5. The molecule has 0 aliphatic carbocycles. The van der Waals surface area contributed by atoms with Gasteiger partial charge in [-0.3, -0.25) is 4.79 Å². The number of allylic oxidation sites excluding steroid dienone is 1. The number of hydrogen-bond acceptors (Lipinski definition) is 4. The number of carbonyl (C=O) groups excluding carboxylic acids is 1. The molecule has 3 rings (SSSR count). The molecule has 10 heteroatoms. The first-order valence-electron chi connectivity index (χ1n) is 10.5. The molecule has 1 N–H and O–H groups in total. The number of ether oxygens (including phenoxy) is 1. The van der Waals surface area contributed by atoms with Crippen molar-refractivity contribution in [2.75, 3.05) is 25.0 Å². The van der Waals surface area contributed by atoms with Crippen LogP contribution in [0.1, 0.15) is 31.7 Å². The third kappa shape index (κ3) is 6.14. The van der Waals surface area contributed by atoms with Crippen molar-refractivity contribution < 1.29 is 31.1 Å². The Kier molecular flexibility index (Phi) is 7.80. The minimum Gasteiger partial charge on any atom is -0.492 e. The third-order valence-corrected chi connectivity index (χ3v) is 7.02. The first kappa shape index (κ1) is 24.8. The number of carbonyl (C=O) groups is 1. The molecule has 0 unspecified atom stereocenters. The lowest BCUT2D eigenvalue weighted by atomic mass is 10.1. The van der Waals surface area contributed by atoms with Crippen LogP contribution in [0.4, 0.5) is 18.9 Å². The molecule has 0 atom stereocenters. The standard InChI is InChI=1S/C23H25F3N2O4S/c1-2-32-21-12-11-18(33(30,31)28-13-7-4-8-14-28)15-20(21)27-22(29)16-19(23(24,25)26)17-9-5-3-6-10-17/h3,5-6,9-12,15-16H,2,4,7-8,13-14H2,1H3,(H,27,29)/b19-16-. The average Bonchev–Trinajstić information content (AvgIpc) is 2.79. The molecule has 2 aromatic rings. The van der Waals surface area contributed by atoms with Crippen molar-refractivity contribution in [1.29, 1.82) is 0 Å². The van der Waals surface area contributed by atoms with E-state index < -0.39 is 27.7 Å². The molecule has 0 aromatic heterocycles. The Morgan fingerprint density at radius 1 is 1.09 bits per heavy atom. The lowest BCUT2D eigenvalue weighted by Crippen LogP contribution is -2.35. The Morgan fingerprint density at radius 3 is 2.36 bits per heavy atom. The fourth-order valence-corrected chi connectivity index (χ4v) is 5.09. The van der Waals surface area contributed by atoms with Gasteiger partial charge in [-0.1, -0.05) is 36.8 Å². The van der Waals surface area contributed by atoms with E-state index in [9.17, 15) is 26.4 Å². The van der Waals surface area contributed by atoms with Gasteiger partial charge in [-0.15, -0.1) is 0 Å². The molecule has 1 heterocycles. The number of hydrogen-bond donors (Lipinski definition) is 1. The van der Waals surface area contributed by atoms with Crippen LogP contribution < -0.4 is 10.1 Å². The molecule has 178 valence electrons. The van der Waals surface area contributed by atoms with E-state index in [1.807, 2.05) is 0 Å². The number of anilines is 1. The number of amides is 1. The molecular formula is C23H25F3N2O4S. The Bertz CT molecular complexity index is 1110. The number of piperidine rings is 1. The zero-order chi connectivity index (χ0) is 24.1. The van der Waals surface area contributed by atoms with Gasteiger partial charge in [-0.05, 0) is 43.5 Å². The predicted octanol–water partition coefficient (Wildman–Crippen LogP) is 4.84. The summed E-state index contributed by atoms with van der Waals surface area (Å²) in [6, 6.07) is 10.9. The van der Waals surface area contributed by atoms with E-state index >= 15 is 0 Å². The highest BCUT2D eigenvalue weighted by atomic mass is 32.2. The zero-order valence-electron chi connectivity index (χ0n) is 18.1. The highest BCUT2D eigenvalue weighted by Gasteiger charge is 2.35. The summed E-state index contributed by atoms with van der Waals surface area (Å²) in [5.41, 5.74) is -1.30. The van der Waals surface area contributed by atoms with Gasteiger partial charge in [0.25, 0.3) is 0 Å². The van der Waals surface area contributed by atoms with Gasteiger partial charge in [0.1, 0.15) is 5.75 Å². The number of halogens is 3. The second-order valence-corrected chi connectivity index (χ2v) is 9.40. The monoisotopic (exact) mass is 482 g/mol. The number of benzene rings is 2. The van der Waals surface area contributed by atoms with Crippen LogP contribution >= 0.6 is 0 Å². The van der Waals surface area contributed by atoms with Crippen molar-refractivity contribution in [3.63, 3.8) is 0 Å². The summed E-state index contributed by atoms with van der Waals surface area (Å²) in [6.07, 6.45) is -1.85. The minimum absolute atomic E-state index is 0.0224. The van der Waals surface area contributed by atoms with Gasteiger partial charge in [0.05, 0.1) is 22.8 Å². The van der Waals surface area contributed by atoms with Gasteiger partial charge in [0.15, 0.2) is 0 Å². The van der Waals surface area contributed by atoms with E-state index in [2.05, 4.69) is 5.32 Å². The largest absolute Gasteiger partial charge is 0.492 e. The van der Waals surface area contributed by atoms with Crippen LogP contribution in [0.2, 0.25) is 0 Å². The minimum atomic E-state index is -4.76. The smallest absolute Gasteiger partial charge is 0.417 e. The highest BCUT2D eigenvalue weighted by molar-refractivity contribution is 7.89. The van der Waals surface area contributed by atoms with Crippen LogP contribution in [0.3, 0.4) is 0 Å². The van der Waals surface area contributed by atoms with Crippen LogP contribution in [0, 0.1) is 0 Å². The maximum absolute atomic E-state index is 13.6. The lowest BCUT2D eigenvalue weighted by Gasteiger charge is -2.26. The van der Waals surface area contributed by atoms with E-state index in [0.717, 1.165) is 19.3 Å². The van der Waals surface area contributed by atoms with Crippen molar-refractivity contribution in [2.24, 2.45) is 0 Å². The van der Waals surface area contributed by atoms with Crippen molar-refractivity contribution in [2.45, 2.75) is 37.3 Å². The van der Waals surface area contributed by atoms with Gasteiger partial charge >= 0.3 is 6.18 Å². The summed E-state index contributed by atoms with van der Waals surface area (Å²) in [5, 5.41) is 2.36. The summed E-state index contributed by atoms with van der Waals surface area (Å²) in [6.45, 7) is 2.70. The molecule has 33 heavy (non-hydrogen) atoms. The second-order valence-electron chi connectivity index (χ2n) is 7.47. The molecule has 0 bridgehead atoms. The lowest BCUT2D eigenvalue weighted by molar-refractivity contribution is -0.112. The van der Waals surface area contributed by atoms with Crippen LogP contribution in [-0.4, -0.2) is 44.5 Å². The summed E-state index contributed by atoms with van der Waals surface area (Å²) in [5.74, 6) is -0.898. The van der Waals surface area contributed by atoms with Crippen molar-refractivity contribution in [1.82, 2.24) is 4.31 Å². The van der Waals surface area contributed by atoms with Crippen LogP contribution in [0.25, 0.3) is 5.57 Å². The molecule has 0 radical (unpaired) electrons. The molecule has 1 aliphatic heterocycles. The number of nitrogens with zero attached hydrogens (tertiary/aromatic N) is 1. The van der Waals surface area contributed by atoms with Crippen LogP contribution in [-0.2, 0) is 14.8 Å². The Labute approximate surface area is 191 Å². The fraction of sp³-hybridized carbons (Fsp3) is 0.348. The molecular weight excluding hydrogens is 457 g/mol. The molecule has 1 fully saturated rings. The molecule has 2 aromatic carbocycles. The number of sulfonamides is 1. The van der Waals surface area contributed by atoms with Crippen molar-refractivity contribution in [3.8, 4) is 5.75 Å². The van der Waals surface area contributed by atoms with Gasteiger partial charge in [-0.25, -0.2) is 8.42 Å². The summed E-state index contributed by atoms with van der Waals surface area (Å²) in [7, 11) is -3.81. The van der Waals surface area contributed by atoms with E-state index in [4.69, 9.17) is 4.74 Å². The first-order chi connectivity index (χ1) is 15.6. The van der Waals surface area contributed by atoms with E-state index in [-0.39, 0.29) is 28.5 Å². The van der Waals surface area contributed by atoms with Crippen molar-refractivity contribution in [3.05, 3.63) is 60.2 Å². The molecule has 1 saturated heterocycles. The van der Waals surface area contributed by atoms with Crippen molar-refractivity contribution >= 4 is 27.2 Å². The van der Waals surface area contributed by atoms with E-state index in [1.165, 1.54) is 46.8 Å². The number of nitrogens with one attached hydrogen (secondary N) is 1. The zero-order valence-corrected chi connectivity index (χ0v) is 18.9. The fourth-order valence-electron chi connectivity index (χ4n) is 3.55. The average molecular weight is 483 g/mol. The molecule has 1 amide bonds. The SMILES string of the molecule is CCOc1ccc(S(=O)(=O)N2CCCCC2)cc1NC(=O)/C=C(/c1ccccc1)C(F)(F)F. The molecule has 0 spiro atoms. The predicted molar refractivity (Wildman–Crippen MR) is 119 cm³/mol. The van der Waals surface area contributed by atoms with Crippen LogP contribution in [0.5, 0.6) is 5.75 Å². The molecule has 6 nitrogen and oxygen atoms in total.